The highest BCUT2D eigenvalue weighted by Gasteiger charge is 2.19. The Hall–Kier alpha value is -1.84. The number of nitrogens with zero attached hydrogens (tertiary/aromatic N) is 3. The number of hydrogen-bond acceptors (Lipinski definition) is 2. The van der Waals surface area contributed by atoms with Crippen molar-refractivity contribution in [1.29, 1.82) is 0 Å². The number of piperidine rings is 1. The maximum Gasteiger partial charge on any atom is 0.253 e. The molecule has 106 valence electrons. The first-order chi connectivity index (χ1) is 9.66. The zero-order chi connectivity index (χ0) is 14.1. The number of rotatable bonds is 2. The molecule has 3 rings (SSSR count). The monoisotopic (exact) mass is 271 g/mol. The molecule has 1 amide bonds. The van der Waals surface area contributed by atoms with Gasteiger partial charge in [-0.1, -0.05) is 0 Å². The van der Waals surface area contributed by atoms with Crippen LogP contribution in [0.4, 0.5) is 0 Å². The minimum absolute atomic E-state index is 0.144. The summed E-state index contributed by atoms with van der Waals surface area (Å²) in [4.78, 5) is 18.9. The second kappa shape index (κ2) is 5.27. The third-order valence-corrected chi connectivity index (χ3v) is 4.02. The van der Waals surface area contributed by atoms with Gasteiger partial charge in [0.05, 0.1) is 17.4 Å². The normalized spacial score (nSPS) is 16.1. The van der Waals surface area contributed by atoms with Gasteiger partial charge in [0.2, 0.25) is 0 Å². The first-order valence-corrected chi connectivity index (χ1v) is 7.42. The Morgan fingerprint density at radius 2 is 1.95 bits per heavy atom. The summed E-state index contributed by atoms with van der Waals surface area (Å²) in [5.41, 5.74) is 2.75. The van der Waals surface area contributed by atoms with Crippen molar-refractivity contribution in [3.8, 4) is 0 Å². The predicted octanol–water partition coefficient (Wildman–Crippen LogP) is 3.24. The highest BCUT2D eigenvalue weighted by Crippen LogP contribution is 2.20. The van der Waals surface area contributed by atoms with E-state index in [4.69, 9.17) is 0 Å². The van der Waals surface area contributed by atoms with Crippen LogP contribution in [-0.2, 0) is 0 Å². The van der Waals surface area contributed by atoms with Gasteiger partial charge in [0.15, 0.2) is 0 Å². The second-order valence-corrected chi connectivity index (χ2v) is 5.80. The maximum absolute atomic E-state index is 12.5. The highest BCUT2D eigenvalue weighted by molar-refractivity contribution is 5.97. The Bertz CT molecular complexity index is 624. The van der Waals surface area contributed by atoms with Crippen molar-refractivity contribution in [2.45, 2.75) is 39.2 Å². The molecule has 0 bridgehead atoms. The minimum atomic E-state index is 0.144. The van der Waals surface area contributed by atoms with Gasteiger partial charge >= 0.3 is 0 Å². The average molecular weight is 271 g/mol. The molecule has 1 aromatic heterocycles. The van der Waals surface area contributed by atoms with E-state index in [-0.39, 0.29) is 5.91 Å². The van der Waals surface area contributed by atoms with Crippen molar-refractivity contribution in [2.75, 3.05) is 13.1 Å². The van der Waals surface area contributed by atoms with Gasteiger partial charge in [0, 0.05) is 24.7 Å². The Balaban J connectivity index is 1.91. The van der Waals surface area contributed by atoms with Gasteiger partial charge in [0.1, 0.15) is 0 Å². The molecule has 0 saturated carbocycles. The average Bonchev–Trinajstić information content (AvgIpc) is 2.90. The van der Waals surface area contributed by atoms with Crippen LogP contribution in [0.3, 0.4) is 0 Å². The summed E-state index contributed by atoms with van der Waals surface area (Å²) in [5, 5.41) is 0. The van der Waals surface area contributed by atoms with Crippen LogP contribution in [0.15, 0.2) is 24.5 Å². The lowest BCUT2D eigenvalue weighted by molar-refractivity contribution is 0.0724. The Kier molecular flexibility index (Phi) is 3.47. The van der Waals surface area contributed by atoms with Crippen LogP contribution in [0.25, 0.3) is 11.0 Å². The lowest BCUT2D eigenvalue weighted by atomic mass is 10.1. The maximum atomic E-state index is 12.5. The van der Waals surface area contributed by atoms with Crippen molar-refractivity contribution < 1.29 is 4.79 Å². The highest BCUT2D eigenvalue weighted by atomic mass is 16.2. The molecule has 1 aliphatic heterocycles. The summed E-state index contributed by atoms with van der Waals surface area (Å²) >= 11 is 0. The van der Waals surface area contributed by atoms with Gasteiger partial charge in [-0.25, -0.2) is 4.98 Å². The number of carbonyl (C=O) groups excluding carboxylic acids is 1. The molecule has 0 radical (unpaired) electrons. The van der Waals surface area contributed by atoms with Gasteiger partial charge in [-0.15, -0.1) is 0 Å². The van der Waals surface area contributed by atoms with Gasteiger partial charge in [-0.3, -0.25) is 4.79 Å². The van der Waals surface area contributed by atoms with Crippen LogP contribution < -0.4 is 0 Å². The van der Waals surface area contributed by atoms with Crippen LogP contribution in [-0.4, -0.2) is 33.4 Å². The number of aromatic nitrogens is 2. The molecule has 0 N–H and O–H groups in total. The zero-order valence-corrected chi connectivity index (χ0v) is 12.2. The van der Waals surface area contributed by atoms with Gasteiger partial charge < -0.3 is 9.47 Å². The Morgan fingerprint density at radius 3 is 2.65 bits per heavy atom. The number of amides is 1. The number of carbonyl (C=O) groups is 1. The SMILES string of the molecule is CC(C)n1cnc2cc(C(=O)N3CCCCC3)ccc21. The summed E-state index contributed by atoms with van der Waals surface area (Å²) in [6, 6.07) is 6.24. The van der Waals surface area contributed by atoms with Gasteiger partial charge in [-0.2, -0.15) is 0 Å². The molecule has 20 heavy (non-hydrogen) atoms. The van der Waals surface area contributed by atoms with E-state index in [2.05, 4.69) is 23.4 Å². The van der Waals surface area contributed by atoms with E-state index < -0.39 is 0 Å². The van der Waals surface area contributed by atoms with E-state index in [1.54, 1.807) is 0 Å². The predicted molar refractivity (Wildman–Crippen MR) is 79.9 cm³/mol. The first kappa shape index (κ1) is 13.2. The molecule has 0 unspecified atom stereocenters. The molecule has 2 aromatic rings. The van der Waals surface area contributed by atoms with Crippen molar-refractivity contribution in [2.24, 2.45) is 0 Å². The van der Waals surface area contributed by atoms with Crippen molar-refractivity contribution >= 4 is 16.9 Å². The van der Waals surface area contributed by atoms with E-state index in [1.165, 1.54) is 6.42 Å². The van der Waals surface area contributed by atoms with E-state index in [0.29, 0.717) is 6.04 Å². The first-order valence-electron chi connectivity index (χ1n) is 7.42. The number of likely N-dealkylation sites (tertiary alicyclic amines) is 1. The van der Waals surface area contributed by atoms with Crippen molar-refractivity contribution in [3.63, 3.8) is 0 Å². The lowest BCUT2D eigenvalue weighted by Gasteiger charge is -2.26. The van der Waals surface area contributed by atoms with Crippen molar-refractivity contribution in [1.82, 2.24) is 14.5 Å². The van der Waals surface area contributed by atoms with E-state index in [9.17, 15) is 4.79 Å². The van der Waals surface area contributed by atoms with E-state index in [1.807, 2.05) is 29.4 Å². The molecule has 1 saturated heterocycles. The van der Waals surface area contributed by atoms with Crippen LogP contribution in [0.5, 0.6) is 0 Å². The number of benzene rings is 1. The molecular formula is C16H21N3O. The third kappa shape index (κ3) is 2.30. The molecule has 1 aromatic carbocycles. The fraction of sp³-hybridized carbons (Fsp3) is 0.500. The minimum Gasteiger partial charge on any atom is -0.339 e. The number of fused-ring (bicyclic) bond motifs is 1. The topological polar surface area (TPSA) is 38.1 Å². The summed E-state index contributed by atoms with van der Waals surface area (Å²) in [6.07, 6.45) is 5.33. The van der Waals surface area contributed by atoms with Gasteiger partial charge in [-0.05, 0) is 51.3 Å². The van der Waals surface area contributed by atoms with Gasteiger partial charge in [0.25, 0.3) is 5.91 Å². The number of hydrogen-bond donors (Lipinski definition) is 0. The quantitative estimate of drug-likeness (QED) is 0.841. The van der Waals surface area contributed by atoms with Crippen LogP contribution in [0.1, 0.15) is 49.5 Å². The molecule has 0 spiro atoms. The fourth-order valence-electron chi connectivity index (χ4n) is 2.86. The fourth-order valence-corrected chi connectivity index (χ4v) is 2.86. The van der Waals surface area contributed by atoms with Crippen LogP contribution in [0, 0.1) is 0 Å². The molecule has 1 fully saturated rings. The summed E-state index contributed by atoms with van der Waals surface area (Å²) in [5.74, 6) is 0.144. The van der Waals surface area contributed by atoms with E-state index in [0.717, 1.165) is 42.5 Å². The molecule has 2 heterocycles. The molecule has 0 atom stereocenters. The summed E-state index contributed by atoms with van der Waals surface area (Å²) in [6.45, 7) is 6.04. The van der Waals surface area contributed by atoms with E-state index >= 15 is 0 Å². The second-order valence-electron chi connectivity index (χ2n) is 5.80. The number of imidazole rings is 1. The Labute approximate surface area is 119 Å². The smallest absolute Gasteiger partial charge is 0.253 e. The largest absolute Gasteiger partial charge is 0.339 e. The van der Waals surface area contributed by atoms with Crippen molar-refractivity contribution in [3.05, 3.63) is 30.1 Å². The van der Waals surface area contributed by atoms with Crippen LogP contribution >= 0.6 is 0 Å². The molecule has 4 heteroatoms. The molecular weight excluding hydrogens is 250 g/mol. The van der Waals surface area contributed by atoms with Crippen LogP contribution in [0.2, 0.25) is 0 Å². The summed E-state index contributed by atoms with van der Waals surface area (Å²) in [7, 11) is 0. The lowest BCUT2D eigenvalue weighted by Crippen LogP contribution is -2.35. The molecule has 1 aliphatic rings. The third-order valence-electron chi connectivity index (χ3n) is 4.02. The Morgan fingerprint density at radius 1 is 1.20 bits per heavy atom. The summed E-state index contributed by atoms with van der Waals surface area (Å²) < 4.78 is 2.13. The molecule has 0 aliphatic carbocycles. The standard InChI is InChI=1S/C16H21N3O/c1-12(2)19-11-17-14-10-13(6-7-15(14)19)16(20)18-8-4-3-5-9-18/h6-7,10-12H,3-5,8-9H2,1-2H3. The molecule has 4 nitrogen and oxygen atoms in total. The zero-order valence-electron chi connectivity index (χ0n) is 12.2.